The molecule has 1 fully saturated rings. The first-order valence-corrected chi connectivity index (χ1v) is 6.71. The topological polar surface area (TPSA) is 37.0 Å². The van der Waals surface area contributed by atoms with Gasteiger partial charge in [0.05, 0.1) is 5.02 Å². The SMILES string of the molecule is Clc1cc(Br)cnc1NCC1CCCCN1. The van der Waals surface area contributed by atoms with Crippen molar-refractivity contribution in [2.75, 3.05) is 18.4 Å². The van der Waals surface area contributed by atoms with Crippen LogP contribution in [0.1, 0.15) is 19.3 Å². The number of nitrogens with one attached hydrogen (secondary N) is 2. The summed E-state index contributed by atoms with van der Waals surface area (Å²) in [4.78, 5) is 4.24. The molecule has 0 aliphatic carbocycles. The van der Waals surface area contributed by atoms with E-state index in [2.05, 4.69) is 31.5 Å². The molecule has 2 rings (SSSR count). The Bertz CT molecular complexity index is 353. The van der Waals surface area contributed by atoms with E-state index in [0.29, 0.717) is 11.1 Å². The van der Waals surface area contributed by atoms with Crippen molar-refractivity contribution in [1.29, 1.82) is 0 Å². The Balaban J connectivity index is 1.88. The molecule has 5 heteroatoms. The van der Waals surface area contributed by atoms with Crippen molar-refractivity contribution in [1.82, 2.24) is 10.3 Å². The normalized spacial score (nSPS) is 20.8. The van der Waals surface area contributed by atoms with Gasteiger partial charge in [0.2, 0.25) is 0 Å². The molecule has 1 aliphatic heterocycles. The summed E-state index contributed by atoms with van der Waals surface area (Å²) in [6.07, 6.45) is 5.57. The van der Waals surface area contributed by atoms with Crippen molar-refractivity contribution in [3.63, 3.8) is 0 Å². The minimum absolute atomic E-state index is 0.537. The third kappa shape index (κ3) is 3.34. The highest BCUT2D eigenvalue weighted by molar-refractivity contribution is 9.10. The van der Waals surface area contributed by atoms with Crippen LogP contribution in [-0.2, 0) is 0 Å². The van der Waals surface area contributed by atoms with Crippen molar-refractivity contribution in [2.45, 2.75) is 25.3 Å². The monoisotopic (exact) mass is 303 g/mol. The van der Waals surface area contributed by atoms with E-state index in [4.69, 9.17) is 11.6 Å². The second-order valence-corrected chi connectivity index (χ2v) is 5.33. The zero-order valence-corrected chi connectivity index (χ0v) is 11.3. The molecule has 0 aromatic carbocycles. The fourth-order valence-corrected chi connectivity index (χ4v) is 2.56. The Kier molecular flexibility index (Phi) is 4.44. The highest BCUT2D eigenvalue weighted by atomic mass is 79.9. The van der Waals surface area contributed by atoms with Gasteiger partial charge >= 0.3 is 0 Å². The van der Waals surface area contributed by atoms with Gasteiger partial charge in [0.15, 0.2) is 0 Å². The maximum absolute atomic E-state index is 6.07. The largest absolute Gasteiger partial charge is 0.367 e. The predicted molar refractivity (Wildman–Crippen MR) is 71.1 cm³/mol. The first-order valence-electron chi connectivity index (χ1n) is 5.54. The second-order valence-electron chi connectivity index (χ2n) is 4.01. The van der Waals surface area contributed by atoms with Crippen LogP contribution in [0.25, 0.3) is 0 Å². The van der Waals surface area contributed by atoms with Crippen molar-refractivity contribution < 1.29 is 0 Å². The van der Waals surface area contributed by atoms with Gasteiger partial charge in [-0.05, 0) is 41.4 Å². The maximum atomic E-state index is 6.07. The van der Waals surface area contributed by atoms with E-state index in [9.17, 15) is 0 Å². The molecule has 16 heavy (non-hydrogen) atoms. The summed E-state index contributed by atoms with van der Waals surface area (Å²) in [5, 5.41) is 7.42. The van der Waals surface area contributed by atoms with Crippen LogP contribution in [0.3, 0.4) is 0 Å². The number of rotatable bonds is 3. The van der Waals surface area contributed by atoms with Crippen molar-refractivity contribution >= 4 is 33.3 Å². The summed E-state index contributed by atoms with van der Waals surface area (Å²) in [6, 6.07) is 2.39. The molecule has 1 saturated heterocycles. The predicted octanol–water partition coefficient (Wildman–Crippen LogP) is 3.05. The first kappa shape index (κ1) is 12.1. The van der Waals surface area contributed by atoms with Crippen LogP contribution in [0.4, 0.5) is 5.82 Å². The van der Waals surface area contributed by atoms with Crippen LogP contribution >= 0.6 is 27.5 Å². The molecule has 2 heterocycles. The molecule has 0 radical (unpaired) electrons. The Hall–Kier alpha value is -0.320. The average Bonchev–Trinajstić information content (AvgIpc) is 2.29. The number of halogens is 2. The number of aromatic nitrogens is 1. The number of pyridine rings is 1. The van der Waals surface area contributed by atoms with Gasteiger partial charge in [-0.15, -0.1) is 0 Å². The summed E-state index contributed by atoms with van der Waals surface area (Å²) in [5.74, 6) is 0.761. The number of piperidine rings is 1. The van der Waals surface area contributed by atoms with Gasteiger partial charge in [0, 0.05) is 23.3 Å². The molecule has 0 amide bonds. The van der Waals surface area contributed by atoms with Gasteiger partial charge in [-0.25, -0.2) is 4.98 Å². The van der Waals surface area contributed by atoms with Crippen molar-refractivity contribution in [2.24, 2.45) is 0 Å². The molecule has 88 valence electrons. The molecule has 0 spiro atoms. The lowest BCUT2D eigenvalue weighted by molar-refractivity contribution is 0.414. The first-order chi connectivity index (χ1) is 7.75. The van der Waals surface area contributed by atoms with Gasteiger partial charge in [-0.2, -0.15) is 0 Å². The summed E-state index contributed by atoms with van der Waals surface area (Å²) in [6.45, 7) is 2.00. The standard InChI is InChI=1S/C11H15BrClN3/c12-8-5-10(13)11(15-6-8)16-7-9-3-1-2-4-14-9/h5-6,9,14H,1-4,7H2,(H,15,16). The third-order valence-electron chi connectivity index (χ3n) is 2.74. The molecule has 1 aromatic heterocycles. The van der Waals surface area contributed by atoms with E-state index in [1.807, 2.05) is 6.07 Å². The Morgan fingerprint density at radius 1 is 1.56 bits per heavy atom. The van der Waals surface area contributed by atoms with Crippen LogP contribution in [0.2, 0.25) is 5.02 Å². The van der Waals surface area contributed by atoms with Crippen molar-refractivity contribution in [3.8, 4) is 0 Å². The fraction of sp³-hybridized carbons (Fsp3) is 0.545. The van der Waals surface area contributed by atoms with Crippen LogP contribution in [-0.4, -0.2) is 24.1 Å². The van der Waals surface area contributed by atoms with Crippen molar-refractivity contribution in [3.05, 3.63) is 21.8 Å². The minimum Gasteiger partial charge on any atom is -0.367 e. The summed E-state index contributed by atoms with van der Waals surface area (Å²) >= 11 is 9.41. The molecule has 1 aromatic rings. The Morgan fingerprint density at radius 3 is 3.12 bits per heavy atom. The van der Waals surface area contributed by atoms with Gasteiger partial charge in [-0.1, -0.05) is 18.0 Å². The molecule has 0 saturated carbocycles. The molecule has 1 aliphatic rings. The molecule has 3 nitrogen and oxygen atoms in total. The van der Waals surface area contributed by atoms with E-state index in [1.54, 1.807) is 6.20 Å². The lowest BCUT2D eigenvalue weighted by Gasteiger charge is -2.24. The quantitative estimate of drug-likeness (QED) is 0.901. The lowest BCUT2D eigenvalue weighted by atomic mass is 10.1. The molecule has 1 atom stereocenters. The third-order valence-corrected chi connectivity index (χ3v) is 3.46. The van der Waals surface area contributed by atoms with Gasteiger partial charge < -0.3 is 10.6 Å². The van der Waals surface area contributed by atoms with Crippen LogP contribution in [0.15, 0.2) is 16.7 Å². The summed E-state index contributed by atoms with van der Waals surface area (Å²) < 4.78 is 0.902. The Labute approximate surface area is 109 Å². The van der Waals surface area contributed by atoms with Crippen LogP contribution in [0.5, 0.6) is 0 Å². The number of hydrogen-bond acceptors (Lipinski definition) is 3. The minimum atomic E-state index is 0.537. The zero-order chi connectivity index (χ0) is 11.4. The summed E-state index contributed by atoms with van der Waals surface area (Å²) in [7, 11) is 0. The number of anilines is 1. The Morgan fingerprint density at radius 2 is 2.44 bits per heavy atom. The molecular weight excluding hydrogens is 289 g/mol. The molecule has 0 bridgehead atoms. The van der Waals surface area contributed by atoms with E-state index < -0.39 is 0 Å². The second kappa shape index (κ2) is 5.84. The van der Waals surface area contributed by atoms with Crippen LogP contribution < -0.4 is 10.6 Å². The zero-order valence-electron chi connectivity index (χ0n) is 8.97. The van der Waals surface area contributed by atoms with Gasteiger partial charge in [0.25, 0.3) is 0 Å². The van der Waals surface area contributed by atoms with Gasteiger partial charge in [-0.3, -0.25) is 0 Å². The van der Waals surface area contributed by atoms with E-state index in [-0.39, 0.29) is 0 Å². The molecule has 1 unspecified atom stereocenters. The maximum Gasteiger partial charge on any atom is 0.144 e. The average molecular weight is 305 g/mol. The smallest absolute Gasteiger partial charge is 0.144 e. The fourth-order valence-electron chi connectivity index (χ4n) is 1.86. The van der Waals surface area contributed by atoms with E-state index >= 15 is 0 Å². The molecule has 2 N–H and O–H groups in total. The summed E-state index contributed by atoms with van der Waals surface area (Å²) in [5.41, 5.74) is 0. The van der Waals surface area contributed by atoms with E-state index in [0.717, 1.165) is 23.4 Å². The lowest BCUT2D eigenvalue weighted by Crippen LogP contribution is -2.39. The van der Waals surface area contributed by atoms with E-state index in [1.165, 1.54) is 19.3 Å². The van der Waals surface area contributed by atoms with Gasteiger partial charge in [0.1, 0.15) is 5.82 Å². The highest BCUT2D eigenvalue weighted by Gasteiger charge is 2.12. The molecular formula is C11H15BrClN3. The number of nitrogens with zero attached hydrogens (tertiary/aromatic N) is 1. The van der Waals surface area contributed by atoms with Crippen LogP contribution in [0, 0.1) is 0 Å². The highest BCUT2D eigenvalue weighted by Crippen LogP contribution is 2.22. The number of hydrogen-bond donors (Lipinski definition) is 2.